The molecule has 10 nitrogen and oxygen atoms in total. The molecule has 2 aromatic carbocycles. The zero-order valence-electron chi connectivity index (χ0n) is 17.1. The Morgan fingerprint density at radius 1 is 1.09 bits per heavy atom. The molecule has 0 aliphatic heterocycles. The predicted molar refractivity (Wildman–Crippen MR) is 123 cm³/mol. The lowest BCUT2D eigenvalue weighted by molar-refractivity contribution is 0.101. The summed E-state index contributed by atoms with van der Waals surface area (Å²) in [4.78, 5) is 29.1. The molecule has 0 aliphatic carbocycles. The number of fused-ring (bicyclic) bond motifs is 1. The van der Waals surface area contributed by atoms with E-state index in [0.717, 1.165) is 10.7 Å². The van der Waals surface area contributed by atoms with Gasteiger partial charge in [-0.25, -0.2) is 14.1 Å². The van der Waals surface area contributed by atoms with Crippen LogP contribution >= 0.6 is 15.9 Å². The van der Waals surface area contributed by atoms with Crippen LogP contribution in [0.1, 0.15) is 10.5 Å². The maximum Gasteiger partial charge on any atom is 0.280 e. The average Bonchev–Trinajstić information content (AvgIpc) is 3.31. The molecular formula is C22H13BrFN7O3. The minimum absolute atomic E-state index is 0.0926. The van der Waals surface area contributed by atoms with E-state index >= 15 is 0 Å². The van der Waals surface area contributed by atoms with E-state index in [9.17, 15) is 14.0 Å². The van der Waals surface area contributed by atoms with Crippen LogP contribution in [0.2, 0.25) is 0 Å². The first kappa shape index (κ1) is 21.4. The van der Waals surface area contributed by atoms with Gasteiger partial charge < -0.3 is 10.1 Å². The van der Waals surface area contributed by atoms with E-state index in [1.54, 1.807) is 47.1 Å². The molecule has 3 aromatic heterocycles. The van der Waals surface area contributed by atoms with Gasteiger partial charge in [-0.05, 0) is 42.5 Å². The largest absolute Gasteiger partial charge is 0.436 e. The molecule has 34 heavy (non-hydrogen) atoms. The van der Waals surface area contributed by atoms with Gasteiger partial charge >= 0.3 is 0 Å². The second kappa shape index (κ2) is 8.83. The van der Waals surface area contributed by atoms with Crippen LogP contribution in [0.5, 0.6) is 11.6 Å². The third-order valence-electron chi connectivity index (χ3n) is 4.69. The van der Waals surface area contributed by atoms with E-state index in [2.05, 4.69) is 41.5 Å². The molecule has 0 spiro atoms. The summed E-state index contributed by atoms with van der Waals surface area (Å²) in [6, 6.07) is 11.9. The number of carbonyl (C=O) groups excluding carboxylic acids is 1. The van der Waals surface area contributed by atoms with Gasteiger partial charge in [0.25, 0.3) is 11.8 Å². The minimum atomic E-state index is -0.736. The third-order valence-corrected chi connectivity index (χ3v) is 5.18. The van der Waals surface area contributed by atoms with Crippen molar-refractivity contribution in [2.45, 2.75) is 0 Å². The van der Waals surface area contributed by atoms with Gasteiger partial charge in [0.1, 0.15) is 23.6 Å². The average molecular weight is 522 g/mol. The number of anilines is 1. The first-order valence-electron chi connectivity index (χ1n) is 9.77. The first-order valence-corrected chi connectivity index (χ1v) is 10.6. The molecule has 5 aromatic rings. The van der Waals surface area contributed by atoms with E-state index in [1.165, 1.54) is 24.7 Å². The van der Waals surface area contributed by atoms with Crippen LogP contribution < -0.4 is 15.5 Å². The molecule has 0 saturated carbocycles. The number of ether oxygens (including phenoxy) is 1. The van der Waals surface area contributed by atoms with Crippen LogP contribution in [0.4, 0.5) is 10.1 Å². The van der Waals surface area contributed by atoms with Crippen LogP contribution in [0.25, 0.3) is 11.3 Å². The molecule has 0 atom stereocenters. The number of nitrogens with zero attached hydrogens (tertiary/aromatic N) is 6. The van der Waals surface area contributed by atoms with Gasteiger partial charge in [-0.15, -0.1) is 10.2 Å². The highest BCUT2D eigenvalue weighted by Gasteiger charge is 2.15. The fourth-order valence-electron chi connectivity index (χ4n) is 3.08. The van der Waals surface area contributed by atoms with Crippen molar-refractivity contribution in [1.29, 1.82) is 0 Å². The Morgan fingerprint density at radius 3 is 2.71 bits per heavy atom. The van der Waals surface area contributed by atoms with Crippen molar-refractivity contribution in [2.75, 3.05) is 5.32 Å². The lowest BCUT2D eigenvalue weighted by atomic mass is 10.2. The molecule has 0 unspecified atom stereocenters. The smallest absolute Gasteiger partial charge is 0.280 e. The molecule has 12 heteroatoms. The number of carbonyl (C=O) groups is 1. The van der Waals surface area contributed by atoms with Crippen molar-refractivity contribution in [3.63, 3.8) is 0 Å². The molecule has 0 fully saturated rings. The van der Waals surface area contributed by atoms with Gasteiger partial charge in [-0.1, -0.05) is 15.9 Å². The molecule has 168 valence electrons. The van der Waals surface area contributed by atoms with Crippen LogP contribution in [-0.4, -0.2) is 35.3 Å². The summed E-state index contributed by atoms with van der Waals surface area (Å²) in [7, 11) is 0. The Kier molecular flexibility index (Phi) is 5.55. The van der Waals surface area contributed by atoms with Crippen molar-refractivity contribution in [2.24, 2.45) is 0 Å². The highest BCUT2D eigenvalue weighted by atomic mass is 79.9. The zero-order valence-corrected chi connectivity index (χ0v) is 18.7. The SMILES string of the molecule is O=C(Nc1ccc(Oc2nccn3cnnc23)cc1)c1nn(-c2ccc(Br)cc2F)ccc1=O. The number of rotatable bonds is 5. The number of aromatic nitrogens is 6. The molecule has 0 aliphatic rings. The Hall–Kier alpha value is -4.45. The summed E-state index contributed by atoms with van der Waals surface area (Å²) in [6.45, 7) is 0. The molecule has 5 rings (SSSR count). The Bertz CT molecular complexity index is 1580. The van der Waals surface area contributed by atoms with Crippen molar-refractivity contribution >= 4 is 33.2 Å². The fraction of sp³-hybridized carbons (Fsp3) is 0. The van der Waals surface area contributed by atoms with Gasteiger partial charge in [-0.3, -0.25) is 14.0 Å². The van der Waals surface area contributed by atoms with Gasteiger partial charge in [0.05, 0.1) is 0 Å². The summed E-state index contributed by atoms with van der Waals surface area (Å²) in [5.41, 5.74) is -0.0347. The van der Waals surface area contributed by atoms with E-state index in [-0.39, 0.29) is 17.3 Å². The minimum Gasteiger partial charge on any atom is -0.436 e. The second-order valence-corrected chi connectivity index (χ2v) is 7.86. The molecule has 1 amide bonds. The van der Waals surface area contributed by atoms with Crippen molar-refractivity contribution in [1.82, 2.24) is 29.4 Å². The third kappa shape index (κ3) is 4.26. The summed E-state index contributed by atoms with van der Waals surface area (Å²) in [5, 5.41) is 14.4. The van der Waals surface area contributed by atoms with E-state index in [0.29, 0.717) is 21.6 Å². The molecular weight excluding hydrogens is 509 g/mol. The van der Waals surface area contributed by atoms with Crippen LogP contribution in [-0.2, 0) is 0 Å². The fourth-order valence-corrected chi connectivity index (χ4v) is 3.41. The highest BCUT2D eigenvalue weighted by molar-refractivity contribution is 9.10. The number of hydrogen-bond acceptors (Lipinski definition) is 7. The van der Waals surface area contributed by atoms with Crippen LogP contribution in [0.15, 0.2) is 82.7 Å². The number of halogens is 2. The monoisotopic (exact) mass is 521 g/mol. The van der Waals surface area contributed by atoms with Crippen molar-refractivity contribution < 1.29 is 13.9 Å². The first-order chi connectivity index (χ1) is 16.5. The maximum absolute atomic E-state index is 14.3. The molecule has 0 radical (unpaired) electrons. The summed E-state index contributed by atoms with van der Waals surface area (Å²) >= 11 is 3.18. The molecule has 0 bridgehead atoms. The number of nitrogens with one attached hydrogen (secondary N) is 1. The second-order valence-electron chi connectivity index (χ2n) is 6.94. The van der Waals surface area contributed by atoms with E-state index in [1.807, 2.05) is 0 Å². The normalized spacial score (nSPS) is 10.9. The maximum atomic E-state index is 14.3. The number of benzene rings is 2. The van der Waals surface area contributed by atoms with Gasteiger partial charge in [0.15, 0.2) is 5.69 Å². The summed E-state index contributed by atoms with van der Waals surface area (Å²) < 4.78 is 23.4. The topological polar surface area (TPSA) is 116 Å². The number of amides is 1. The Morgan fingerprint density at radius 2 is 1.91 bits per heavy atom. The zero-order chi connectivity index (χ0) is 23.7. The summed E-state index contributed by atoms with van der Waals surface area (Å²) in [6.07, 6.45) is 6.07. The van der Waals surface area contributed by atoms with Crippen LogP contribution in [0, 0.1) is 5.82 Å². The Labute approximate surface area is 198 Å². The Balaban J connectivity index is 1.34. The lowest BCUT2D eigenvalue weighted by Crippen LogP contribution is -2.25. The standard InChI is InChI=1S/C22H13BrFN7O3/c23-13-1-6-17(16(24)11-13)31-9-7-18(32)19(29-31)21(33)27-14-2-4-15(5-3-14)34-22-20-28-26-12-30(20)10-8-25-22/h1-12H,(H,27,33). The van der Waals surface area contributed by atoms with Crippen molar-refractivity contribution in [3.05, 3.63) is 99.7 Å². The van der Waals surface area contributed by atoms with Gasteiger partial charge in [0.2, 0.25) is 11.1 Å². The van der Waals surface area contributed by atoms with Crippen LogP contribution in [0.3, 0.4) is 0 Å². The number of hydrogen-bond donors (Lipinski definition) is 1. The predicted octanol–water partition coefficient (Wildman–Crippen LogP) is 3.62. The summed E-state index contributed by atoms with van der Waals surface area (Å²) in [5.74, 6) is -0.581. The molecule has 1 N–H and O–H groups in total. The van der Waals surface area contributed by atoms with E-state index < -0.39 is 17.2 Å². The van der Waals surface area contributed by atoms with Crippen molar-refractivity contribution in [3.8, 4) is 17.3 Å². The highest BCUT2D eigenvalue weighted by Crippen LogP contribution is 2.24. The van der Waals surface area contributed by atoms with E-state index in [4.69, 9.17) is 4.74 Å². The quantitative estimate of drug-likeness (QED) is 0.375. The molecule has 3 heterocycles. The molecule has 0 saturated heterocycles. The van der Waals surface area contributed by atoms with Gasteiger partial charge in [-0.2, -0.15) is 5.10 Å². The van der Waals surface area contributed by atoms with Gasteiger partial charge in [0, 0.05) is 34.8 Å². The lowest BCUT2D eigenvalue weighted by Gasteiger charge is -2.10.